The number of anilines is 1. The van der Waals surface area contributed by atoms with E-state index in [1.54, 1.807) is 7.11 Å². The molecule has 0 saturated heterocycles. The monoisotopic (exact) mass is 284 g/mol. The normalized spacial score (nSPS) is 25.4. The Kier molecular flexibility index (Phi) is 4.18. The zero-order valence-electron chi connectivity index (χ0n) is 9.45. The molecule has 88 valence electrons. The van der Waals surface area contributed by atoms with Crippen LogP contribution in [0.5, 0.6) is 0 Å². The third kappa shape index (κ3) is 2.95. The zero-order valence-corrected chi connectivity index (χ0v) is 11.0. The van der Waals surface area contributed by atoms with E-state index in [4.69, 9.17) is 4.74 Å². The van der Waals surface area contributed by atoms with Gasteiger partial charge in [-0.3, -0.25) is 0 Å². The topological polar surface area (TPSA) is 34.1 Å². The van der Waals surface area contributed by atoms with Gasteiger partial charge >= 0.3 is 0 Å². The third-order valence-electron chi connectivity index (χ3n) is 3.08. The summed E-state index contributed by atoms with van der Waals surface area (Å²) in [6, 6.07) is 4.41. The van der Waals surface area contributed by atoms with E-state index in [0.717, 1.165) is 16.7 Å². The van der Waals surface area contributed by atoms with Crippen LogP contribution in [0.4, 0.5) is 5.69 Å². The Morgan fingerprint density at radius 1 is 1.38 bits per heavy atom. The Morgan fingerprint density at radius 3 is 2.88 bits per heavy atom. The fourth-order valence-electron chi connectivity index (χ4n) is 2.22. The van der Waals surface area contributed by atoms with Crippen molar-refractivity contribution >= 4 is 21.6 Å². The molecule has 0 bridgehead atoms. The summed E-state index contributed by atoms with van der Waals surface area (Å²) in [7, 11) is 1.80. The van der Waals surface area contributed by atoms with Crippen molar-refractivity contribution in [3.63, 3.8) is 0 Å². The maximum atomic E-state index is 5.51. The number of ether oxygens (including phenoxy) is 1. The van der Waals surface area contributed by atoms with Crippen molar-refractivity contribution < 1.29 is 4.74 Å². The van der Waals surface area contributed by atoms with Crippen molar-refractivity contribution in [2.24, 2.45) is 0 Å². The summed E-state index contributed by atoms with van der Waals surface area (Å²) in [5, 5.41) is 3.50. The van der Waals surface area contributed by atoms with Crippen LogP contribution in [0.15, 0.2) is 22.9 Å². The number of nitrogens with zero attached hydrogens (tertiary/aromatic N) is 1. The first-order valence-electron chi connectivity index (χ1n) is 5.70. The average Bonchev–Trinajstić information content (AvgIpc) is 2.33. The van der Waals surface area contributed by atoms with Gasteiger partial charge in [-0.15, -0.1) is 0 Å². The molecule has 2 rings (SSSR count). The van der Waals surface area contributed by atoms with E-state index in [1.807, 2.05) is 18.3 Å². The van der Waals surface area contributed by atoms with Crippen LogP contribution in [-0.4, -0.2) is 24.2 Å². The van der Waals surface area contributed by atoms with Gasteiger partial charge in [0.05, 0.1) is 24.0 Å². The lowest BCUT2D eigenvalue weighted by atomic mass is 9.92. The molecule has 1 heterocycles. The molecule has 1 fully saturated rings. The van der Waals surface area contributed by atoms with Crippen LogP contribution in [-0.2, 0) is 4.74 Å². The van der Waals surface area contributed by atoms with E-state index >= 15 is 0 Å². The lowest BCUT2D eigenvalue weighted by molar-refractivity contribution is 0.0606. The Labute approximate surface area is 105 Å². The van der Waals surface area contributed by atoms with E-state index in [0.29, 0.717) is 12.1 Å². The molecule has 0 amide bonds. The highest BCUT2D eigenvalue weighted by atomic mass is 79.9. The first-order chi connectivity index (χ1) is 7.79. The van der Waals surface area contributed by atoms with Gasteiger partial charge in [-0.1, -0.05) is 12.8 Å². The van der Waals surface area contributed by atoms with E-state index in [1.165, 1.54) is 19.3 Å². The summed E-state index contributed by atoms with van der Waals surface area (Å²) in [5.74, 6) is 0. The van der Waals surface area contributed by atoms with Crippen LogP contribution in [0.2, 0.25) is 0 Å². The number of aromatic nitrogens is 1. The fraction of sp³-hybridized carbons (Fsp3) is 0.583. The first kappa shape index (κ1) is 11.9. The summed E-state index contributed by atoms with van der Waals surface area (Å²) >= 11 is 3.33. The van der Waals surface area contributed by atoms with Crippen molar-refractivity contribution in [3.05, 3.63) is 22.9 Å². The highest BCUT2D eigenvalue weighted by Gasteiger charge is 2.24. The molecule has 1 saturated carbocycles. The summed E-state index contributed by atoms with van der Waals surface area (Å²) in [6.07, 6.45) is 7.06. The number of nitrogens with one attached hydrogen (secondary N) is 1. The summed E-state index contributed by atoms with van der Waals surface area (Å²) in [6.45, 7) is 0. The lowest BCUT2D eigenvalue weighted by Crippen LogP contribution is -2.37. The smallest absolute Gasteiger partial charge is 0.106 e. The van der Waals surface area contributed by atoms with Crippen molar-refractivity contribution in [1.82, 2.24) is 4.98 Å². The molecule has 4 heteroatoms. The maximum Gasteiger partial charge on any atom is 0.106 e. The summed E-state index contributed by atoms with van der Waals surface area (Å²) < 4.78 is 6.37. The minimum Gasteiger partial charge on any atom is -0.379 e. The molecule has 0 aromatic carbocycles. The summed E-state index contributed by atoms with van der Waals surface area (Å²) in [4.78, 5) is 4.21. The predicted molar refractivity (Wildman–Crippen MR) is 68.6 cm³/mol. The Balaban J connectivity index is 1.99. The van der Waals surface area contributed by atoms with Crippen LogP contribution in [0.3, 0.4) is 0 Å². The number of pyridine rings is 1. The zero-order chi connectivity index (χ0) is 11.4. The number of methoxy groups -OCH3 is 1. The SMILES string of the molecule is COC1CCCCC1Nc1ccc(Br)nc1. The van der Waals surface area contributed by atoms with Crippen LogP contribution in [0.25, 0.3) is 0 Å². The number of rotatable bonds is 3. The molecule has 0 aliphatic heterocycles. The van der Waals surface area contributed by atoms with Crippen LogP contribution in [0, 0.1) is 0 Å². The molecular weight excluding hydrogens is 268 g/mol. The Hall–Kier alpha value is -0.610. The second kappa shape index (κ2) is 5.64. The Morgan fingerprint density at radius 2 is 2.19 bits per heavy atom. The molecule has 1 aromatic heterocycles. The molecule has 1 aliphatic rings. The van der Waals surface area contributed by atoms with Gasteiger partial charge in [-0.05, 0) is 40.9 Å². The van der Waals surface area contributed by atoms with Gasteiger partial charge in [0.15, 0.2) is 0 Å². The fourth-order valence-corrected chi connectivity index (χ4v) is 2.45. The predicted octanol–water partition coefficient (Wildman–Crippen LogP) is 3.21. The van der Waals surface area contributed by atoms with E-state index in [-0.39, 0.29) is 0 Å². The molecular formula is C12H17BrN2O. The van der Waals surface area contributed by atoms with Crippen molar-refractivity contribution in [1.29, 1.82) is 0 Å². The minimum absolute atomic E-state index is 0.331. The van der Waals surface area contributed by atoms with Gasteiger partial charge in [0.2, 0.25) is 0 Å². The number of halogens is 1. The van der Waals surface area contributed by atoms with Gasteiger partial charge in [-0.2, -0.15) is 0 Å². The van der Waals surface area contributed by atoms with Crippen LogP contribution < -0.4 is 5.32 Å². The molecule has 3 nitrogen and oxygen atoms in total. The molecule has 1 aliphatic carbocycles. The van der Waals surface area contributed by atoms with Gasteiger partial charge in [-0.25, -0.2) is 4.98 Å². The van der Waals surface area contributed by atoms with Crippen LogP contribution in [0.1, 0.15) is 25.7 Å². The molecule has 0 spiro atoms. The van der Waals surface area contributed by atoms with E-state index < -0.39 is 0 Å². The standard InChI is InChI=1S/C12H17BrN2O/c1-16-11-5-3-2-4-10(11)15-9-6-7-12(13)14-8-9/h6-8,10-11,15H,2-5H2,1H3. The lowest BCUT2D eigenvalue weighted by Gasteiger charge is -2.31. The van der Waals surface area contributed by atoms with Gasteiger partial charge in [0, 0.05) is 7.11 Å². The van der Waals surface area contributed by atoms with E-state index in [2.05, 4.69) is 26.2 Å². The average molecular weight is 285 g/mol. The summed E-state index contributed by atoms with van der Waals surface area (Å²) in [5.41, 5.74) is 1.07. The van der Waals surface area contributed by atoms with Gasteiger partial charge in [0.25, 0.3) is 0 Å². The van der Waals surface area contributed by atoms with Crippen molar-refractivity contribution in [3.8, 4) is 0 Å². The largest absolute Gasteiger partial charge is 0.379 e. The van der Waals surface area contributed by atoms with Gasteiger partial charge in [0.1, 0.15) is 4.60 Å². The molecule has 1 aromatic rings. The van der Waals surface area contributed by atoms with Gasteiger partial charge < -0.3 is 10.1 Å². The number of hydrogen-bond acceptors (Lipinski definition) is 3. The first-order valence-corrected chi connectivity index (χ1v) is 6.50. The highest BCUT2D eigenvalue weighted by Crippen LogP contribution is 2.24. The second-order valence-corrected chi connectivity index (χ2v) is 4.99. The number of hydrogen-bond donors (Lipinski definition) is 1. The molecule has 2 atom stereocenters. The highest BCUT2D eigenvalue weighted by molar-refractivity contribution is 9.10. The molecule has 1 N–H and O–H groups in total. The van der Waals surface area contributed by atoms with E-state index in [9.17, 15) is 0 Å². The molecule has 16 heavy (non-hydrogen) atoms. The maximum absolute atomic E-state index is 5.51. The van der Waals surface area contributed by atoms with Crippen molar-refractivity contribution in [2.75, 3.05) is 12.4 Å². The Bertz CT molecular complexity index is 328. The second-order valence-electron chi connectivity index (χ2n) is 4.18. The third-order valence-corrected chi connectivity index (χ3v) is 3.55. The van der Waals surface area contributed by atoms with Crippen LogP contribution >= 0.6 is 15.9 Å². The quantitative estimate of drug-likeness (QED) is 0.866. The van der Waals surface area contributed by atoms with Crippen molar-refractivity contribution in [2.45, 2.75) is 37.8 Å². The minimum atomic E-state index is 0.331. The molecule has 0 radical (unpaired) electrons. The molecule has 2 unspecified atom stereocenters.